The number of aromatic nitrogens is 2. The maximum absolute atomic E-state index is 10.8. The van der Waals surface area contributed by atoms with Gasteiger partial charge in [-0.3, -0.25) is 9.48 Å². The first-order valence-corrected chi connectivity index (χ1v) is 5.93. The highest BCUT2D eigenvalue weighted by atomic mass is 32.2. The average Bonchev–Trinajstić information content (AvgIpc) is 2.45. The summed E-state index contributed by atoms with van der Waals surface area (Å²) in [5.41, 5.74) is 2.04. The van der Waals surface area contributed by atoms with E-state index in [0.29, 0.717) is 12.2 Å². The molecule has 0 fully saturated rings. The van der Waals surface area contributed by atoms with E-state index in [2.05, 4.69) is 5.10 Å². The normalized spacial score (nSPS) is 12.7. The van der Waals surface area contributed by atoms with Crippen molar-refractivity contribution >= 4 is 17.7 Å². The van der Waals surface area contributed by atoms with Crippen LogP contribution in [0.15, 0.2) is 6.07 Å². The molecule has 0 bridgehead atoms. The highest BCUT2D eigenvalue weighted by Crippen LogP contribution is 2.20. The SMILES string of the molecule is CCC(SCc1cc(C)nn1C)C(=O)O. The van der Waals surface area contributed by atoms with Gasteiger partial charge in [0.05, 0.1) is 5.69 Å². The van der Waals surface area contributed by atoms with Crippen LogP contribution in [-0.4, -0.2) is 26.1 Å². The van der Waals surface area contributed by atoms with E-state index in [1.807, 2.05) is 27.0 Å². The van der Waals surface area contributed by atoms with Gasteiger partial charge in [0.2, 0.25) is 0 Å². The average molecular weight is 228 g/mol. The summed E-state index contributed by atoms with van der Waals surface area (Å²) in [6, 6.07) is 1.99. The van der Waals surface area contributed by atoms with Crippen molar-refractivity contribution in [1.82, 2.24) is 9.78 Å². The van der Waals surface area contributed by atoms with Crippen LogP contribution in [0.1, 0.15) is 24.7 Å². The van der Waals surface area contributed by atoms with Crippen molar-refractivity contribution in [3.05, 3.63) is 17.5 Å². The van der Waals surface area contributed by atoms with Crippen LogP contribution in [0.4, 0.5) is 0 Å². The molecule has 0 aliphatic carbocycles. The summed E-state index contributed by atoms with van der Waals surface area (Å²) in [5, 5.41) is 12.8. The second-order valence-corrected chi connectivity index (χ2v) is 4.64. The molecule has 0 saturated carbocycles. The van der Waals surface area contributed by atoms with Gasteiger partial charge in [0.25, 0.3) is 0 Å². The summed E-state index contributed by atoms with van der Waals surface area (Å²) < 4.78 is 1.80. The molecular weight excluding hydrogens is 212 g/mol. The minimum absolute atomic E-state index is 0.319. The molecule has 0 aliphatic heterocycles. The molecule has 1 atom stereocenters. The smallest absolute Gasteiger partial charge is 0.316 e. The summed E-state index contributed by atoms with van der Waals surface area (Å²) in [6.45, 7) is 3.82. The van der Waals surface area contributed by atoms with E-state index in [9.17, 15) is 4.79 Å². The minimum atomic E-state index is -0.735. The number of carboxylic acids is 1. The van der Waals surface area contributed by atoms with Crippen LogP contribution >= 0.6 is 11.8 Å². The van der Waals surface area contributed by atoms with Crippen LogP contribution in [-0.2, 0) is 17.6 Å². The molecule has 1 aromatic heterocycles. The third-order valence-corrected chi connectivity index (χ3v) is 3.58. The van der Waals surface area contributed by atoms with Gasteiger partial charge in [0, 0.05) is 18.5 Å². The van der Waals surface area contributed by atoms with E-state index in [0.717, 1.165) is 11.4 Å². The maximum Gasteiger partial charge on any atom is 0.316 e. The van der Waals surface area contributed by atoms with E-state index >= 15 is 0 Å². The summed E-state index contributed by atoms with van der Waals surface area (Å²) in [6.07, 6.45) is 0.650. The van der Waals surface area contributed by atoms with Crippen molar-refractivity contribution in [2.45, 2.75) is 31.3 Å². The Morgan fingerprint density at radius 3 is 2.80 bits per heavy atom. The lowest BCUT2D eigenvalue weighted by Gasteiger charge is -2.08. The topological polar surface area (TPSA) is 55.1 Å². The lowest BCUT2D eigenvalue weighted by Crippen LogP contribution is -2.15. The first kappa shape index (κ1) is 12.1. The molecule has 0 aliphatic rings. The van der Waals surface area contributed by atoms with Gasteiger partial charge >= 0.3 is 5.97 Å². The molecule has 0 spiro atoms. The standard InChI is InChI=1S/C10H16N2O2S/c1-4-9(10(13)14)15-6-8-5-7(2)11-12(8)3/h5,9H,4,6H2,1-3H3,(H,13,14). The van der Waals surface area contributed by atoms with Crippen molar-refractivity contribution in [2.24, 2.45) is 7.05 Å². The zero-order chi connectivity index (χ0) is 11.4. The summed E-state index contributed by atoms with van der Waals surface area (Å²) in [7, 11) is 1.88. The van der Waals surface area contributed by atoms with E-state index in [-0.39, 0.29) is 5.25 Å². The molecule has 1 N–H and O–H groups in total. The number of thioether (sulfide) groups is 1. The highest BCUT2D eigenvalue weighted by Gasteiger charge is 2.16. The molecule has 0 aromatic carbocycles. The predicted octanol–water partition coefficient (Wildman–Crippen LogP) is 1.82. The fraction of sp³-hybridized carbons (Fsp3) is 0.600. The van der Waals surface area contributed by atoms with Crippen LogP contribution in [0.25, 0.3) is 0 Å². The highest BCUT2D eigenvalue weighted by molar-refractivity contribution is 7.99. The van der Waals surface area contributed by atoms with E-state index < -0.39 is 5.97 Å². The number of carboxylic acid groups (broad SMARTS) is 1. The van der Waals surface area contributed by atoms with Crippen molar-refractivity contribution in [3.8, 4) is 0 Å². The Morgan fingerprint density at radius 1 is 1.73 bits per heavy atom. The Bertz CT molecular complexity index is 349. The summed E-state index contributed by atoms with van der Waals surface area (Å²) >= 11 is 1.45. The van der Waals surface area contributed by atoms with Crippen molar-refractivity contribution < 1.29 is 9.90 Å². The van der Waals surface area contributed by atoms with Gasteiger partial charge < -0.3 is 5.11 Å². The molecular formula is C10H16N2O2S. The number of aliphatic carboxylic acids is 1. The molecule has 1 unspecified atom stereocenters. The number of aryl methyl sites for hydroxylation is 2. The molecule has 5 heteroatoms. The number of hydrogen-bond donors (Lipinski definition) is 1. The van der Waals surface area contributed by atoms with Crippen LogP contribution in [0.2, 0.25) is 0 Å². The second kappa shape index (κ2) is 5.21. The van der Waals surface area contributed by atoms with Crippen LogP contribution in [0, 0.1) is 6.92 Å². The number of hydrogen-bond acceptors (Lipinski definition) is 3. The lowest BCUT2D eigenvalue weighted by atomic mass is 10.3. The van der Waals surface area contributed by atoms with Gasteiger partial charge in [-0.2, -0.15) is 5.10 Å². The predicted molar refractivity (Wildman–Crippen MR) is 61.0 cm³/mol. The van der Waals surface area contributed by atoms with Crippen molar-refractivity contribution in [1.29, 1.82) is 0 Å². The Balaban J connectivity index is 2.56. The zero-order valence-corrected chi connectivity index (χ0v) is 10.0. The first-order chi connectivity index (χ1) is 7.04. The van der Waals surface area contributed by atoms with Gasteiger partial charge in [-0.05, 0) is 19.4 Å². The molecule has 1 heterocycles. The fourth-order valence-electron chi connectivity index (χ4n) is 1.35. The quantitative estimate of drug-likeness (QED) is 0.835. The zero-order valence-electron chi connectivity index (χ0n) is 9.23. The Kier molecular flexibility index (Phi) is 4.20. The Labute approximate surface area is 93.7 Å². The lowest BCUT2D eigenvalue weighted by molar-refractivity contribution is -0.136. The number of nitrogens with zero attached hydrogens (tertiary/aromatic N) is 2. The van der Waals surface area contributed by atoms with E-state index in [4.69, 9.17) is 5.11 Å². The van der Waals surface area contributed by atoms with E-state index in [1.165, 1.54) is 11.8 Å². The Hall–Kier alpha value is -0.970. The summed E-state index contributed by atoms with van der Waals surface area (Å²) in [4.78, 5) is 10.8. The minimum Gasteiger partial charge on any atom is -0.480 e. The number of carbonyl (C=O) groups is 1. The van der Waals surface area contributed by atoms with Gasteiger partial charge in [-0.1, -0.05) is 6.92 Å². The van der Waals surface area contributed by atoms with Gasteiger partial charge in [-0.15, -0.1) is 11.8 Å². The van der Waals surface area contributed by atoms with Gasteiger partial charge in [0.1, 0.15) is 5.25 Å². The van der Waals surface area contributed by atoms with Crippen molar-refractivity contribution in [2.75, 3.05) is 0 Å². The maximum atomic E-state index is 10.8. The van der Waals surface area contributed by atoms with Gasteiger partial charge in [-0.25, -0.2) is 0 Å². The molecule has 0 amide bonds. The molecule has 0 radical (unpaired) electrons. The monoisotopic (exact) mass is 228 g/mol. The fourth-order valence-corrected chi connectivity index (χ4v) is 2.37. The third-order valence-electron chi connectivity index (χ3n) is 2.18. The van der Waals surface area contributed by atoms with Crippen LogP contribution in [0.3, 0.4) is 0 Å². The third kappa shape index (κ3) is 3.27. The first-order valence-electron chi connectivity index (χ1n) is 4.88. The molecule has 4 nitrogen and oxygen atoms in total. The van der Waals surface area contributed by atoms with Crippen LogP contribution < -0.4 is 0 Å². The Morgan fingerprint density at radius 2 is 2.40 bits per heavy atom. The van der Waals surface area contributed by atoms with E-state index in [1.54, 1.807) is 4.68 Å². The largest absolute Gasteiger partial charge is 0.480 e. The molecule has 15 heavy (non-hydrogen) atoms. The number of rotatable bonds is 5. The molecule has 1 aromatic rings. The molecule has 84 valence electrons. The van der Waals surface area contributed by atoms with Gasteiger partial charge in [0.15, 0.2) is 0 Å². The molecule has 0 saturated heterocycles. The van der Waals surface area contributed by atoms with Crippen molar-refractivity contribution in [3.63, 3.8) is 0 Å². The second-order valence-electron chi connectivity index (χ2n) is 3.45. The molecule has 1 rings (SSSR count). The summed E-state index contributed by atoms with van der Waals surface area (Å²) in [5.74, 6) is -0.0382. The van der Waals surface area contributed by atoms with Crippen LogP contribution in [0.5, 0.6) is 0 Å².